The Bertz CT molecular complexity index is 859. The van der Waals surface area contributed by atoms with Gasteiger partial charge >= 0.3 is 0 Å². The molecule has 2 saturated heterocycles. The fourth-order valence-corrected chi connectivity index (χ4v) is 8.38. The zero-order valence-corrected chi connectivity index (χ0v) is 16.1. The molecule has 1 aromatic rings. The molecule has 8 nitrogen and oxygen atoms in total. The van der Waals surface area contributed by atoms with Crippen LogP contribution >= 0.6 is 0 Å². The van der Waals surface area contributed by atoms with Gasteiger partial charge in [-0.25, -0.2) is 16.8 Å². The second-order valence-electron chi connectivity index (χ2n) is 6.58. The van der Waals surface area contributed by atoms with Crippen molar-refractivity contribution in [1.29, 1.82) is 0 Å². The summed E-state index contributed by atoms with van der Waals surface area (Å²) in [6, 6.07) is 5.39. The van der Waals surface area contributed by atoms with Crippen LogP contribution in [0.2, 0.25) is 0 Å². The Hall–Kier alpha value is -1.65. The molecule has 26 heavy (non-hydrogen) atoms. The highest BCUT2D eigenvalue weighted by molar-refractivity contribution is 7.96. The number of carbonyl (C=O) groups is 1. The van der Waals surface area contributed by atoms with Gasteiger partial charge in [-0.05, 0) is 24.3 Å². The SMILES string of the molecule is COc1ccc(S(=O)(=O)[C@H]2CS(=O)(=O)C[C@@H]2N2CCN(C=O)CC2)cc1. The second kappa shape index (κ2) is 7.16. The molecule has 0 aromatic heterocycles. The fourth-order valence-electron chi connectivity index (χ4n) is 3.55. The quantitative estimate of drug-likeness (QED) is 0.607. The summed E-state index contributed by atoms with van der Waals surface area (Å²) in [6.07, 6.45) is 0.758. The maximum Gasteiger partial charge on any atom is 0.209 e. The maximum absolute atomic E-state index is 13.1. The van der Waals surface area contributed by atoms with E-state index in [1.54, 1.807) is 17.0 Å². The van der Waals surface area contributed by atoms with Crippen LogP contribution in [0.3, 0.4) is 0 Å². The minimum atomic E-state index is -3.81. The second-order valence-corrected chi connectivity index (χ2v) is 10.9. The molecule has 1 aromatic carbocycles. The minimum Gasteiger partial charge on any atom is -0.497 e. The van der Waals surface area contributed by atoms with Crippen molar-refractivity contribution in [3.05, 3.63) is 24.3 Å². The van der Waals surface area contributed by atoms with Gasteiger partial charge in [0.1, 0.15) is 5.75 Å². The van der Waals surface area contributed by atoms with Gasteiger partial charge in [0.25, 0.3) is 0 Å². The van der Waals surface area contributed by atoms with Gasteiger partial charge in [-0.1, -0.05) is 0 Å². The van der Waals surface area contributed by atoms with E-state index in [0.717, 1.165) is 6.41 Å². The zero-order chi connectivity index (χ0) is 18.9. The molecule has 10 heteroatoms. The Morgan fingerprint density at radius 2 is 1.69 bits per heavy atom. The van der Waals surface area contributed by atoms with Crippen molar-refractivity contribution >= 4 is 26.1 Å². The molecule has 2 heterocycles. The summed E-state index contributed by atoms with van der Waals surface area (Å²) in [5, 5.41) is -1.01. The normalized spacial score (nSPS) is 26.6. The van der Waals surface area contributed by atoms with Crippen molar-refractivity contribution in [2.45, 2.75) is 16.2 Å². The smallest absolute Gasteiger partial charge is 0.209 e. The fraction of sp³-hybridized carbons (Fsp3) is 0.562. The predicted molar refractivity (Wildman–Crippen MR) is 95.6 cm³/mol. The molecule has 2 atom stereocenters. The number of sulfone groups is 2. The molecule has 0 bridgehead atoms. The standard InChI is InChI=1S/C16H22N2O6S2/c1-24-13-2-4-14(5-3-13)26(22,23)16-11-25(20,21)10-15(16)18-8-6-17(12-19)7-9-18/h2-5,12,15-16H,6-11H2,1H3/t15-,16-/m0/s1. The first kappa shape index (κ1) is 19.1. The first-order chi connectivity index (χ1) is 12.3. The number of ether oxygens (including phenoxy) is 1. The summed E-state index contributed by atoms with van der Waals surface area (Å²) in [7, 11) is -5.77. The number of hydrogen-bond donors (Lipinski definition) is 0. The number of methoxy groups -OCH3 is 1. The van der Waals surface area contributed by atoms with Crippen LogP contribution in [0.1, 0.15) is 0 Å². The van der Waals surface area contributed by atoms with Crippen LogP contribution in [0.5, 0.6) is 5.75 Å². The topological polar surface area (TPSA) is 101 Å². The van der Waals surface area contributed by atoms with Gasteiger partial charge in [0.05, 0.1) is 28.8 Å². The van der Waals surface area contributed by atoms with Crippen LogP contribution in [0.25, 0.3) is 0 Å². The predicted octanol–water partition coefficient (Wildman–Crippen LogP) is -0.591. The Labute approximate surface area is 153 Å². The molecular formula is C16H22N2O6S2. The summed E-state index contributed by atoms with van der Waals surface area (Å²) in [5.74, 6) is -0.0156. The minimum absolute atomic E-state index is 0.0944. The van der Waals surface area contributed by atoms with Crippen molar-refractivity contribution in [3.8, 4) is 5.75 Å². The Morgan fingerprint density at radius 1 is 1.08 bits per heavy atom. The van der Waals surface area contributed by atoms with E-state index in [4.69, 9.17) is 4.74 Å². The summed E-state index contributed by atoms with van der Waals surface area (Å²) in [5.41, 5.74) is 0. The van der Waals surface area contributed by atoms with Crippen molar-refractivity contribution in [3.63, 3.8) is 0 Å². The van der Waals surface area contributed by atoms with Crippen molar-refractivity contribution in [1.82, 2.24) is 9.80 Å². The van der Waals surface area contributed by atoms with Crippen molar-refractivity contribution in [2.75, 3.05) is 44.8 Å². The van der Waals surface area contributed by atoms with E-state index in [-0.39, 0.29) is 16.4 Å². The molecule has 1 amide bonds. The molecule has 3 rings (SSSR count). The average molecular weight is 402 g/mol. The number of hydrogen-bond acceptors (Lipinski definition) is 7. The highest BCUT2D eigenvalue weighted by Gasteiger charge is 2.48. The maximum atomic E-state index is 13.1. The van der Waals surface area contributed by atoms with Gasteiger partial charge < -0.3 is 9.64 Å². The molecule has 2 aliphatic heterocycles. The van der Waals surface area contributed by atoms with Crippen LogP contribution < -0.4 is 4.74 Å². The Balaban J connectivity index is 1.88. The van der Waals surface area contributed by atoms with Gasteiger partial charge in [-0.3, -0.25) is 9.69 Å². The highest BCUT2D eigenvalue weighted by atomic mass is 32.2. The van der Waals surface area contributed by atoms with Crippen LogP contribution in [0.15, 0.2) is 29.2 Å². The van der Waals surface area contributed by atoms with Gasteiger partial charge in [-0.2, -0.15) is 0 Å². The van der Waals surface area contributed by atoms with Crippen LogP contribution in [-0.4, -0.2) is 89.1 Å². The number of piperazine rings is 1. The lowest BCUT2D eigenvalue weighted by Gasteiger charge is -2.37. The largest absolute Gasteiger partial charge is 0.497 e. The summed E-state index contributed by atoms with van der Waals surface area (Å²) in [4.78, 5) is 14.4. The van der Waals surface area contributed by atoms with E-state index >= 15 is 0 Å². The molecule has 0 spiro atoms. The third-order valence-electron chi connectivity index (χ3n) is 5.03. The van der Waals surface area contributed by atoms with E-state index < -0.39 is 31.0 Å². The van der Waals surface area contributed by atoms with Crippen LogP contribution in [0, 0.1) is 0 Å². The number of nitrogens with zero attached hydrogens (tertiary/aromatic N) is 2. The summed E-state index contributed by atoms with van der Waals surface area (Å²) in [6.45, 7) is 1.87. The lowest BCUT2D eigenvalue weighted by Crippen LogP contribution is -2.54. The van der Waals surface area contributed by atoms with Crippen LogP contribution in [0.4, 0.5) is 0 Å². The van der Waals surface area contributed by atoms with E-state index in [9.17, 15) is 21.6 Å². The van der Waals surface area contributed by atoms with Gasteiger partial charge in [0.15, 0.2) is 19.7 Å². The first-order valence-corrected chi connectivity index (χ1v) is 11.7. The molecule has 0 aliphatic carbocycles. The number of amides is 1. The zero-order valence-electron chi connectivity index (χ0n) is 14.4. The number of rotatable bonds is 5. The molecule has 144 valence electrons. The molecule has 0 saturated carbocycles. The molecule has 2 aliphatic rings. The molecule has 0 N–H and O–H groups in total. The van der Waals surface area contributed by atoms with E-state index in [0.29, 0.717) is 31.9 Å². The lowest BCUT2D eigenvalue weighted by molar-refractivity contribution is -0.119. The lowest BCUT2D eigenvalue weighted by atomic mass is 10.2. The third-order valence-corrected chi connectivity index (χ3v) is 9.16. The average Bonchev–Trinajstić information content (AvgIpc) is 2.98. The van der Waals surface area contributed by atoms with Gasteiger partial charge in [0.2, 0.25) is 6.41 Å². The van der Waals surface area contributed by atoms with Crippen molar-refractivity contribution in [2.24, 2.45) is 0 Å². The van der Waals surface area contributed by atoms with Crippen LogP contribution in [-0.2, 0) is 24.5 Å². The molecule has 0 radical (unpaired) electrons. The summed E-state index contributed by atoms with van der Waals surface area (Å²) < 4.78 is 55.7. The molecular weight excluding hydrogens is 380 g/mol. The monoisotopic (exact) mass is 402 g/mol. The van der Waals surface area contributed by atoms with E-state index in [1.165, 1.54) is 19.2 Å². The van der Waals surface area contributed by atoms with Crippen molar-refractivity contribution < 1.29 is 26.4 Å². The Kier molecular flexibility index (Phi) is 5.27. The molecule has 0 unspecified atom stereocenters. The van der Waals surface area contributed by atoms with Gasteiger partial charge in [-0.15, -0.1) is 0 Å². The third kappa shape index (κ3) is 3.72. The Morgan fingerprint density at radius 3 is 2.23 bits per heavy atom. The molecule has 2 fully saturated rings. The number of carbonyl (C=O) groups excluding carboxylic acids is 1. The summed E-state index contributed by atoms with van der Waals surface area (Å²) >= 11 is 0. The van der Waals surface area contributed by atoms with E-state index in [2.05, 4.69) is 0 Å². The van der Waals surface area contributed by atoms with Gasteiger partial charge in [0, 0.05) is 32.2 Å². The highest BCUT2D eigenvalue weighted by Crippen LogP contribution is 2.30. The van der Waals surface area contributed by atoms with E-state index in [1.807, 2.05) is 4.90 Å². The first-order valence-electron chi connectivity index (χ1n) is 8.28. The number of benzene rings is 1.